The van der Waals surface area contributed by atoms with Gasteiger partial charge in [0.05, 0.1) is 6.61 Å². The molecule has 1 aliphatic heterocycles. The summed E-state index contributed by atoms with van der Waals surface area (Å²) < 4.78 is 5.32. The SMILES string of the molecule is COCC1CCCN(c2cc(CCl)cc(C(C)(C)C)n2)C1. The van der Waals surface area contributed by atoms with Crippen LogP contribution in [0.15, 0.2) is 12.1 Å². The molecule has 21 heavy (non-hydrogen) atoms. The van der Waals surface area contributed by atoms with Crippen LogP contribution < -0.4 is 4.90 Å². The van der Waals surface area contributed by atoms with Crippen molar-refractivity contribution in [3.63, 3.8) is 0 Å². The van der Waals surface area contributed by atoms with Crippen molar-refractivity contribution in [1.29, 1.82) is 0 Å². The maximum atomic E-state index is 6.07. The number of hydrogen-bond acceptors (Lipinski definition) is 3. The van der Waals surface area contributed by atoms with Crippen LogP contribution in [-0.2, 0) is 16.0 Å². The van der Waals surface area contributed by atoms with Crippen LogP contribution in [-0.4, -0.2) is 31.8 Å². The van der Waals surface area contributed by atoms with Gasteiger partial charge in [0.2, 0.25) is 0 Å². The van der Waals surface area contributed by atoms with Gasteiger partial charge in [-0.05, 0) is 36.5 Å². The van der Waals surface area contributed by atoms with Gasteiger partial charge in [-0.2, -0.15) is 0 Å². The van der Waals surface area contributed by atoms with Crippen LogP contribution in [0.2, 0.25) is 0 Å². The van der Waals surface area contributed by atoms with Crippen molar-refractivity contribution >= 4 is 17.4 Å². The molecule has 0 aliphatic carbocycles. The van der Waals surface area contributed by atoms with E-state index in [2.05, 4.69) is 37.8 Å². The summed E-state index contributed by atoms with van der Waals surface area (Å²) in [6.07, 6.45) is 2.44. The summed E-state index contributed by atoms with van der Waals surface area (Å²) in [6.45, 7) is 9.51. The Kier molecular flexibility index (Phi) is 5.50. The topological polar surface area (TPSA) is 25.4 Å². The number of anilines is 1. The van der Waals surface area contributed by atoms with E-state index in [1.807, 2.05) is 0 Å². The number of pyridine rings is 1. The maximum Gasteiger partial charge on any atom is 0.129 e. The van der Waals surface area contributed by atoms with E-state index in [0.29, 0.717) is 11.8 Å². The molecule has 1 fully saturated rings. The van der Waals surface area contributed by atoms with Gasteiger partial charge in [-0.15, -0.1) is 11.6 Å². The van der Waals surface area contributed by atoms with E-state index in [4.69, 9.17) is 21.3 Å². The van der Waals surface area contributed by atoms with Crippen LogP contribution >= 0.6 is 11.6 Å². The van der Waals surface area contributed by atoms with E-state index in [9.17, 15) is 0 Å². The Labute approximate surface area is 133 Å². The summed E-state index contributed by atoms with van der Waals surface area (Å²) in [6, 6.07) is 4.27. The van der Waals surface area contributed by atoms with E-state index in [-0.39, 0.29) is 5.41 Å². The van der Waals surface area contributed by atoms with Crippen LogP contribution in [0.4, 0.5) is 5.82 Å². The molecule has 1 atom stereocenters. The first-order chi connectivity index (χ1) is 9.94. The van der Waals surface area contributed by atoms with Gasteiger partial charge in [0.15, 0.2) is 0 Å². The Hall–Kier alpha value is -0.800. The fourth-order valence-electron chi connectivity index (χ4n) is 2.84. The maximum absolute atomic E-state index is 6.07. The highest BCUT2D eigenvalue weighted by atomic mass is 35.5. The summed E-state index contributed by atoms with van der Waals surface area (Å²) in [7, 11) is 1.78. The van der Waals surface area contributed by atoms with E-state index < -0.39 is 0 Å². The fraction of sp³-hybridized carbons (Fsp3) is 0.706. The highest BCUT2D eigenvalue weighted by Gasteiger charge is 2.23. The molecule has 1 aliphatic rings. The first kappa shape index (κ1) is 16.6. The molecule has 1 saturated heterocycles. The van der Waals surface area contributed by atoms with Crippen LogP contribution in [0.25, 0.3) is 0 Å². The molecule has 118 valence electrons. The second-order valence-electron chi connectivity index (χ2n) is 7.01. The second-order valence-corrected chi connectivity index (χ2v) is 7.28. The fourth-order valence-corrected chi connectivity index (χ4v) is 2.99. The van der Waals surface area contributed by atoms with Crippen LogP contribution in [0.1, 0.15) is 44.9 Å². The highest BCUT2D eigenvalue weighted by Crippen LogP contribution is 2.28. The third kappa shape index (κ3) is 4.33. The smallest absolute Gasteiger partial charge is 0.129 e. The molecule has 4 heteroatoms. The van der Waals surface area contributed by atoms with Crippen molar-refractivity contribution < 1.29 is 4.74 Å². The summed E-state index contributed by atoms with van der Waals surface area (Å²) in [5.74, 6) is 2.20. The molecular weight excluding hydrogens is 284 g/mol. The number of nitrogens with zero attached hydrogens (tertiary/aromatic N) is 2. The van der Waals surface area contributed by atoms with Crippen molar-refractivity contribution in [2.75, 3.05) is 31.7 Å². The number of ether oxygens (including phenoxy) is 1. The molecule has 1 aromatic heterocycles. The van der Waals surface area contributed by atoms with Crippen LogP contribution in [0.5, 0.6) is 0 Å². The average Bonchev–Trinajstić information content (AvgIpc) is 2.46. The Bertz CT molecular complexity index is 468. The van der Waals surface area contributed by atoms with Crippen molar-refractivity contribution in [2.45, 2.75) is 44.9 Å². The lowest BCUT2D eigenvalue weighted by Gasteiger charge is -2.34. The third-order valence-corrected chi connectivity index (χ3v) is 4.35. The molecule has 0 radical (unpaired) electrons. The van der Waals surface area contributed by atoms with Crippen molar-refractivity contribution in [3.8, 4) is 0 Å². The monoisotopic (exact) mass is 310 g/mol. The van der Waals surface area contributed by atoms with Crippen LogP contribution in [0, 0.1) is 5.92 Å². The van der Waals surface area contributed by atoms with Gasteiger partial charge in [-0.25, -0.2) is 4.98 Å². The number of alkyl halides is 1. The van der Waals surface area contributed by atoms with Gasteiger partial charge in [-0.1, -0.05) is 20.8 Å². The standard InChI is InChI=1S/C17H27ClN2O/c1-17(2,3)15-8-14(10-18)9-16(19-15)20-7-5-6-13(11-20)12-21-4/h8-9,13H,5-7,10-12H2,1-4H3. The van der Waals surface area contributed by atoms with Crippen molar-refractivity contribution in [3.05, 3.63) is 23.4 Å². The molecule has 0 spiro atoms. The lowest BCUT2D eigenvalue weighted by Crippen LogP contribution is -2.38. The van der Waals surface area contributed by atoms with Gasteiger partial charge in [0.1, 0.15) is 5.82 Å². The van der Waals surface area contributed by atoms with Gasteiger partial charge in [0.25, 0.3) is 0 Å². The van der Waals surface area contributed by atoms with Crippen LogP contribution in [0.3, 0.4) is 0 Å². The molecular formula is C17H27ClN2O. The Morgan fingerprint density at radius 1 is 1.38 bits per heavy atom. The molecule has 2 rings (SSSR count). The van der Waals surface area contributed by atoms with Gasteiger partial charge in [-0.3, -0.25) is 0 Å². The van der Waals surface area contributed by atoms with E-state index >= 15 is 0 Å². The highest BCUT2D eigenvalue weighted by molar-refractivity contribution is 6.17. The van der Waals surface area contributed by atoms with Crippen molar-refractivity contribution in [1.82, 2.24) is 4.98 Å². The minimum absolute atomic E-state index is 0.0402. The van der Waals surface area contributed by atoms with Gasteiger partial charge in [0, 0.05) is 37.2 Å². The normalized spacial score (nSPS) is 19.9. The number of rotatable bonds is 4. The zero-order valence-electron chi connectivity index (χ0n) is 13.7. The Morgan fingerprint density at radius 3 is 2.76 bits per heavy atom. The molecule has 1 aromatic rings. The number of piperidine rings is 1. The molecule has 1 unspecified atom stereocenters. The third-order valence-electron chi connectivity index (χ3n) is 4.04. The summed E-state index contributed by atoms with van der Waals surface area (Å²) in [4.78, 5) is 7.28. The summed E-state index contributed by atoms with van der Waals surface area (Å²) in [5.41, 5.74) is 2.31. The van der Waals surface area contributed by atoms with Crippen molar-refractivity contribution in [2.24, 2.45) is 5.92 Å². The number of hydrogen-bond donors (Lipinski definition) is 0. The predicted octanol–water partition coefficient (Wildman–Crippen LogP) is 3.98. The quantitative estimate of drug-likeness (QED) is 0.787. The first-order valence-electron chi connectivity index (χ1n) is 7.75. The zero-order chi connectivity index (χ0) is 15.5. The number of methoxy groups -OCH3 is 1. The van der Waals surface area contributed by atoms with E-state index in [1.165, 1.54) is 12.8 Å². The molecule has 0 bridgehead atoms. The number of aromatic nitrogens is 1. The zero-order valence-corrected chi connectivity index (χ0v) is 14.4. The molecule has 0 aromatic carbocycles. The summed E-state index contributed by atoms with van der Waals surface area (Å²) >= 11 is 6.07. The first-order valence-corrected chi connectivity index (χ1v) is 8.28. The predicted molar refractivity (Wildman–Crippen MR) is 89.3 cm³/mol. The lowest BCUT2D eigenvalue weighted by molar-refractivity contribution is 0.143. The molecule has 0 amide bonds. The Morgan fingerprint density at radius 2 is 2.14 bits per heavy atom. The molecule has 0 N–H and O–H groups in total. The van der Waals surface area contributed by atoms with Gasteiger partial charge < -0.3 is 9.64 Å². The Balaban J connectivity index is 2.25. The molecule has 3 nitrogen and oxygen atoms in total. The minimum Gasteiger partial charge on any atom is -0.384 e. The number of halogens is 1. The van der Waals surface area contributed by atoms with E-state index in [0.717, 1.165) is 36.8 Å². The van der Waals surface area contributed by atoms with Gasteiger partial charge >= 0.3 is 0 Å². The largest absolute Gasteiger partial charge is 0.384 e. The van der Waals surface area contributed by atoms with E-state index in [1.54, 1.807) is 7.11 Å². The lowest BCUT2D eigenvalue weighted by atomic mass is 9.90. The molecule has 0 saturated carbocycles. The average molecular weight is 311 g/mol. The summed E-state index contributed by atoms with van der Waals surface area (Å²) in [5, 5.41) is 0. The molecule has 2 heterocycles. The minimum atomic E-state index is 0.0402. The second kappa shape index (κ2) is 6.97.